The number of rotatable bonds is 3. The molecule has 0 aliphatic heterocycles. The summed E-state index contributed by atoms with van der Waals surface area (Å²) in [6.45, 7) is 1.67. The number of amides is 2. The summed E-state index contributed by atoms with van der Waals surface area (Å²) in [6, 6.07) is 10.9. The largest absolute Gasteiger partial charge is 0.469 e. The van der Waals surface area contributed by atoms with Crippen LogP contribution in [-0.2, 0) is 4.79 Å². The fourth-order valence-corrected chi connectivity index (χ4v) is 1.58. The maximum absolute atomic E-state index is 11.7. The summed E-state index contributed by atoms with van der Waals surface area (Å²) in [5.74, 6) is -0.336. The van der Waals surface area contributed by atoms with Gasteiger partial charge in [-0.2, -0.15) is 0 Å². The third-order valence-electron chi connectivity index (χ3n) is 2.63. The normalized spacial score (nSPS) is 10.4. The molecule has 0 unspecified atom stereocenters. The fourth-order valence-electron chi connectivity index (χ4n) is 1.58. The zero-order valence-corrected chi connectivity index (χ0v) is 10.9. The van der Waals surface area contributed by atoms with Crippen LogP contribution in [0.4, 0.5) is 0 Å². The first-order chi connectivity index (χ1) is 9.66. The van der Waals surface area contributed by atoms with Crippen molar-refractivity contribution in [2.24, 2.45) is 0 Å². The van der Waals surface area contributed by atoms with E-state index in [2.05, 4.69) is 10.9 Å². The van der Waals surface area contributed by atoms with Crippen molar-refractivity contribution in [1.29, 1.82) is 0 Å². The zero-order valence-electron chi connectivity index (χ0n) is 10.9. The summed E-state index contributed by atoms with van der Waals surface area (Å²) in [4.78, 5) is 23.2. The Labute approximate surface area is 116 Å². The molecule has 1 aromatic heterocycles. The highest BCUT2D eigenvalue weighted by Crippen LogP contribution is 2.07. The molecule has 0 saturated heterocycles. The Bertz CT molecular complexity index is 630. The van der Waals surface area contributed by atoms with Crippen LogP contribution in [0.2, 0.25) is 0 Å². The predicted octanol–water partition coefficient (Wildman–Crippen LogP) is 2.06. The van der Waals surface area contributed by atoms with Crippen LogP contribution >= 0.6 is 0 Å². The standard InChI is InChI=1S/C15H14N2O3/c1-11-13(9-10-20-11)15(19)17-16-14(18)8-7-12-5-3-2-4-6-12/h2-10H,1H3,(H,16,18)(H,17,19)/b8-7-. The number of benzene rings is 1. The lowest BCUT2D eigenvalue weighted by molar-refractivity contribution is -0.117. The molecule has 0 radical (unpaired) electrons. The monoisotopic (exact) mass is 270 g/mol. The molecule has 0 bridgehead atoms. The summed E-state index contributed by atoms with van der Waals surface area (Å²) in [5.41, 5.74) is 5.90. The highest BCUT2D eigenvalue weighted by molar-refractivity contribution is 5.98. The Morgan fingerprint density at radius 1 is 1.10 bits per heavy atom. The van der Waals surface area contributed by atoms with Crippen molar-refractivity contribution < 1.29 is 14.0 Å². The van der Waals surface area contributed by atoms with E-state index in [1.165, 1.54) is 18.4 Å². The van der Waals surface area contributed by atoms with E-state index in [-0.39, 0.29) is 0 Å². The highest BCUT2D eigenvalue weighted by atomic mass is 16.3. The molecule has 2 N–H and O–H groups in total. The topological polar surface area (TPSA) is 71.3 Å². The van der Waals surface area contributed by atoms with Crippen molar-refractivity contribution in [3.63, 3.8) is 0 Å². The third-order valence-corrected chi connectivity index (χ3v) is 2.63. The van der Waals surface area contributed by atoms with Crippen molar-refractivity contribution in [3.05, 3.63) is 65.6 Å². The minimum Gasteiger partial charge on any atom is -0.469 e. The molecule has 2 amide bonds. The minimum absolute atomic E-state index is 0.386. The van der Waals surface area contributed by atoms with E-state index in [0.717, 1.165) is 5.56 Å². The zero-order chi connectivity index (χ0) is 14.4. The van der Waals surface area contributed by atoms with Crippen LogP contribution in [0, 0.1) is 6.92 Å². The van der Waals surface area contributed by atoms with Crippen LogP contribution in [0.15, 0.2) is 53.2 Å². The average Bonchev–Trinajstić information content (AvgIpc) is 2.90. The minimum atomic E-state index is -0.419. The van der Waals surface area contributed by atoms with Crippen molar-refractivity contribution in [1.82, 2.24) is 10.9 Å². The summed E-state index contributed by atoms with van der Waals surface area (Å²) in [6.07, 6.45) is 4.42. The third kappa shape index (κ3) is 3.58. The lowest BCUT2D eigenvalue weighted by Gasteiger charge is -2.03. The molecule has 0 aliphatic carbocycles. The predicted molar refractivity (Wildman–Crippen MR) is 74.5 cm³/mol. The number of nitrogens with one attached hydrogen (secondary N) is 2. The van der Waals surface area contributed by atoms with Gasteiger partial charge in [0.25, 0.3) is 11.8 Å². The molecular formula is C15H14N2O3. The second kappa shape index (κ2) is 6.38. The van der Waals surface area contributed by atoms with Gasteiger partial charge in [-0.05, 0) is 24.6 Å². The van der Waals surface area contributed by atoms with Gasteiger partial charge in [-0.25, -0.2) is 0 Å². The van der Waals surface area contributed by atoms with Gasteiger partial charge in [-0.15, -0.1) is 0 Å². The molecule has 2 rings (SSSR count). The van der Waals surface area contributed by atoms with Crippen LogP contribution < -0.4 is 10.9 Å². The number of carbonyl (C=O) groups is 2. The SMILES string of the molecule is Cc1occc1C(=O)NNC(=O)/C=C\c1ccccc1. The molecule has 0 aliphatic rings. The summed E-state index contributed by atoms with van der Waals surface area (Å²) >= 11 is 0. The molecule has 2 aromatic rings. The summed E-state index contributed by atoms with van der Waals surface area (Å²) in [5, 5.41) is 0. The number of hydrogen-bond acceptors (Lipinski definition) is 3. The Balaban J connectivity index is 1.85. The molecule has 0 saturated carbocycles. The maximum atomic E-state index is 11.7. The molecule has 1 heterocycles. The Hall–Kier alpha value is -2.82. The van der Waals surface area contributed by atoms with Crippen LogP contribution in [0.25, 0.3) is 6.08 Å². The summed E-state index contributed by atoms with van der Waals surface area (Å²) < 4.78 is 5.01. The second-order valence-electron chi connectivity index (χ2n) is 4.08. The van der Waals surface area contributed by atoms with Crippen LogP contribution in [0.3, 0.4) is 0 Å². The number of furan rings is 1. The number of hydrogen-bond donors (Lipinski definition) is 2. The van der Waals surface area contributed by atoms with Crippen molar-refractivity contribution in [2.75, 3.05) is 0 Å². The molecule has 0 fully saturated rings. The van der Waals surface area contributed by atoms with E-state index in [1.54, 1.807) is 13.0 Å². The van der Waals surface area contributed by atoms with Crippen LogP contribution in [-0.4, -0.2) is 11.8 Å². The lowest BCUT2D eigenvalue weighted by atomic mass is 10.2. The molecule has 1 aromatic carbocycles. The smallest absolute Gasteiger partial charge is 0.273 e. The first-order valence-corrected chi connectivity index (χ1v) is 6.04. The van der Waals surface area contributed by atoms with Gasteiger partial charge in [0.1, 0.15) is 5.76 Å². The molecule has 20 heavy (non-hydrogen) atoms. The highest BCUT2D eigenvalue weighted by Gasteiger charge is 2.11. The van der Waals surface area contributed by atoms with E-state index in [9.17, 15) is 9.59 Å². The Morgan fingerprint density at radius 3 is 2.50 bits per heavy atom. The average molecular weight is 270 g/mol. The lowest BCUT2D eigenvalue weighted by Crippen LogP contribution is -2.40. The van der Waals surface area contributed by atoms with E-state index in [4.69, 9.17) is 4.42 Å². The van der Waals surface area contributed by atoms with Crippen molar-refractivity contribution in [3.8, 4) is 0 Å². The Kier molecular flexibility index (Phi) is 4.34. The first-order valence-electron chi connectivity index (χ1n) is 6.04. The van der Waals surface area contributed by atoms with E-state index in [1.807, 2.05) is 30.3 Å². The molecule has 0 atom stereocenters. The first kappa shape index (κ1) is 13.6. The van der Waals surface area contributed by atoms with Crippen LogP contribution in [0.5, 0.6) is 0 Å². The van der Waals surface area contributed by atoms with Gasteiger partial charge in [0.05, 0.1) is 11.8 Å². The van der Waals surface area contributed by atoms with Crippen molar-refractivity contribution >= 4 is 17.9 Å². The fraction of sp³-hybridized carbons (Fsp3) is 0.0667. The quantitative estimate of drug-likeness (QED) is 0.662. The summed E-state index contributed by atoms with van der Waals surface area (Å²) in [7, 11) is 0. The Morgan fingerprint density at radius 2 is 1.85 bits per heavy atom. The van der Waals surface area contributed by atoms with E-state index < -0.39 is 11.8 Å². The molecule has 5 nitrogen and oxygen atoms in total. The van der Waals surface area contributed by atoms with E-state index in [0.29, 0.717) is 11.3 Å². The van der Waals surface area contributed by atoms with Gasteiger partial charge < -0.3 is 4.42 Å². The molecule has 5 heteroatoms. The number of hydrazine groups is 1. The van der Waals surface area contributed by atoms with Gasteiger partial charge in [0.15, 0.2) is 0 Å². The van der Waals surface area contributed by atoms with Crippen molar-refractivity contribution in [2.45, 2.75) is 6.92 Å². The van der Waals surface area contributed by atoms with Gasteiger partial charge in [0.2, 0.25) is 0 Å². The number of carbonyl (C=O) groups excluding carboxylic acids is 2. The van der Waals surface area contributed by atoms with E-state index >= 15 is 0 Å². The molecule has 102 valence electrons. The molecule has 0 spiro atoms. The maximum Gasteiger partial charge on any atom is 0.273 e. The van der Waals surface area contributed by atoms with Gasteiger partial charge >= 0.3 is 0 Å². The number of aryl methyl sites for hydroxylation is 1. The van der Waals surface area contributed by atoms with Gasteiger partial charge in [-0.1, -0.05) is 30.3 Å². The van der Waals surface area contributed by atoms with Crippen LogP contribution in [0.1, 0.15) is 21.7 Å². The van der Waals surface area contributed by atoms with Gasteiger partial charge in [-0.3, -0.25) is 20.4 Å². The van der Waals surface area contributed by atoms with Gasteiger partial charge in [0, 0.05) is 6.08 Å². The molecular weight excluding hydrogens is 256 g/mol. The second-order valence-corrected chi connectivity index (χ2v) is 4.08.